The Bertz CT molecular complexity index is 780. The highest BCUT2D eigenvalue weighted by atomic mass is 16.5. The van der Waals surface area contributed by atoms with Crippen LogP contribution in [0.4, 0.5) is 5.95 Å². The fraction of sp³-hybridized carbons (Fsp3) is 0.700. The summed E-state index contributed by atoms with van der Waals surface area (Å²) in [5, 5.41) is 16.5. The molecule has 4 bridgehead atoms. The Balaban J connectivity index is 1.30. The smallest absolute Gasteiger partial charge is 0.239 e. The van der Waals surface area contributed by atoms with E-state index in [9.17, 15) is 10.1 Å². The van der Waals surface area contributed by atoms with Gasteiger partial charge < -0.3 is 15.4 Å². The highest BCUT2D eigenvalue weighted by Crippen LogP contribution is 2.58. The first-order chi connectivity index (χ1) is 13.6. The molecule has 3 atom stereocenters. The van der Waals surface area contributed by atoms with E-state index in [0.29, 0.717) is 24.4 Å². The number of rotatable bonds is 5. The first-order valence-corrected chi connectivity index (χ1v) is 10.2. The molecular weight excluding hydrogens is 356 g/mol. The molecule has 4 saturated carbocycles. The third-order valence-corrected chi connectivity index (χ3v) is 6.97. The number of nitrogens with zero attached hydrogens (tertiary/aromatic N) is 4. The molecule has 1 amide bonds. The Morgan fingerprint density at radius 2 is 1.96 bits per heavy atom. The van der Waals surface area contributed by atoms with Gasteiger partial charge in [-0.1, -0.05) is 0 Å². The van der Waals surface area contributed by atoms with Crippen molar-refractivity contribution in [2.45, 2.75) is 55.6 Å². The van der Waals surface area contributed by atoms with Crippen molar-refractivity contribution in [3.63, 3.8) is 0 Å². The van der Waals surface area contributed by atoms with Gasteiger partial charge in [0, 0.05) is 23.5 Å². The molecule has 0 aromatic carbocycles. The van der Waals surface area contributed by atoms with Crippen LogP contribution in [0.25, 0.3) is 0 Å². The van der Waals surface area contributed by atoms with E-state index in [4.69, 9.17) is 4.74 Å². The molecule has 2 unspecified atom stereocenters. The fourth-order valence-electron chi connectivity index (χ4n) is 6.38. The first-order valence-electron chi connectivity index (χ1n) is 10.2. The van der Waals surface area contributed by atoms with E-state index in [0.717, 1.165) is 32.1 Å². The molecule has 1 aromatic heterocycles. The number of anilines is 1. The van der Waals surface area contributed by atoms with Crippen LogP contribution in [0, 0.1) is 23.2 Å². The lowest BCUT2D eigenvalue weighted by Gasteiger charge is -2.62. The van der Waals surface area contributed by atoms with Crippen molar-refractivity contribution in [2.24, 2.45) is 11.8 Å². The Hall–Kier alpha value is -2.24. The van der Waals surface area contributed by atoms with Gasteiger partial charge in [0.1, 0.15) is 12.8 Å². The lowest BCUT2D eigenvalue weighted by Crippen LogP contribution is -2.67. The van der Waals surface area contributed by atoms with Crippen molar-refractivity contribution in [2.75, 3.05) is 25.2 Å². The summed E-state index contributed by atoms with van der Waals surface area (Å²) in [7, 11) is 0. The summed E-state index contributed by atoms with van der Waals surface area (Å²) >= 11 is 0. The molecule has 8 heteroatoms. The van der Waals surface area contributed by atoms with Crippen LogP contribution < -0.4 is 10.6 Å². The number of nitrogens with one attached hydrogen (secondary N) is 2. The van der Waals surface area contributed by atoms with E-state index in [1.165, 1.54) is 6.42 Å². The van der Waals surface area contributed by atoms with Crippen LogP contribution in [0.3, 0.4) is 0 Å². The zero-order valence-corrected chi connectivity index (χ0v) is 15.9. The second-order valence-corrected chi connectivity index (χ2v) is 9.08. The van der Waals surface area contributed by atoms with E-state index >= 15 is 0 Å². The molecule has 2 N–H and O–H groups in total. The third-order valence-electron chi connectivity index (χ3n) is 6.97. The third kappa shape index (κ3) is 3.12. The van der Waals surface area contributed by atoms with Crippen LogP contribution in [0.5, 0.6) is 0 Å². The van der Waals surface area contributed by atoms with E-state index in [1.54, 1.807) is 17.3 Å². The highest BCUT2D eigenvalue weighted by molar-refractivity contribution is 5.79. The van der Waals surface area contributed by atoms with Gasteiger partial charge in [-0.2, -0.15) is 5.26 Å². The maximum absolute atomic E-state index is 12.7. The zero-order chi connectivity index (χ0) is 19.2. The second kappa shape index (κ2) is 6.68. The van der Waals surface area contributed by atoms with Gasteiger partial charge in [0.25, 0.3) is 0 Å². The van der Waals surface area contributed by atoms with E-state index < -0.39 is 6.04 Å². The topological polar surface area (TPSA) is 103 Å². The maximum atomic E-state index is 12.7. The number of hydrogen-bond acceptors (Lipinski definition) is 7. The molecule has 0 spiro atoms. The number of carbonyl (C=O) groups excluding carboxylic acids is 1. The van der Waals surface area contributed by atoms with E-state index in [1.807, 2.05) is 6.07 Å². The largest absolute Gasteiger partial charge is 0.358 e. The predicted octanol–water partition coefficient (Wildman–Crippen LogP) is 1.28. The van der Waals surface area contributed by atoms with Crippen molar-refractivity contribution in [3.05, 3.63) is 18.5 Å². The highest BCUT2D eigenvalue weighted by Gasteiger charge is 2.58. The molecule has 1 aliphatic heterocycles. The normalized spacial score (nSPS) is 38.4. The standard InChI is InChI=1S/C20H26N6O2/c21-9-16-11-28-13-26(16)17(27)10-24-19-5-14-4-15(6-19)8-20(7-14,12-19)25-18-22-2-1-3-23-18/h1-3,14-16,24H,4-8,10-13H2,(H,22,23,25)/t14?,15?,16-,19?,20?/m0/s1. The molecule has 5 fully saturated rings. The van der Waals surface area contributed by atoms with Crippen molar-refractivity contribution in [1.82, 2.24) is 20.2 Å². The zero-order valence-electron chi connectivity index (χ0n) is 15.9. The molecule has 148 valence electrons. The van der Waals surface area contributed by atoms with Gasteiger partial charge in [-0.05, 0) is 56.4 Å². The minimum atomic E-state index is -0.464. The molecule has 2 heterocycles. The molecule has 28 heavy (non-hydrogen) atoms. The summed E-state index contributed by atoms with van der Waals surface area (Å²) in [6.07, 6.45) is 10.3. The molecular formula is C20H26N6O2. The van der Waals surface area contributed by atoms with Crippen molar-refractivity contribution in [1.29, 1.82) is 5.26 Å². The number of carbonyl (C=O) groups is 1. The lowest BCUT2D eigenvalue weighted by molar-refractivity contribution is -0.132. The van der Waals surface area contributed by atoms with E-state index in [2.05, 4.69) is 26.7 Å². The quantitative estimate of drug-likeness (QED) is 0.791. The van der Waals surface area contributed by atoms with Gasteiger partial charge in [-0.25, -0.2) is 9.97 Å². The average Bonchev–Trinajstić information content (AvgIpc) is 3.14. The Morgan fingerprint density at radius 3 is 2.68 bits per heavy atom. The van der Waals surface area contributed by atoms with Crippen LogP contribution in [0.1, 0.15) is 38.5 Å². The number of amides is 1. The monoisotopic (exact) mass is 382 g/mol. The minimum Gasteiger partial charge on any atom is -0.358 e. The van der Waals surface area contributed by atoms with Crippen molar-refractivity contribution in [3.8, 4) is 6.07 Å². The summed E-state index contributed by atoms with van der Waals surface area (Å²) in [4.78, 5) is 23.0. The number of nitriles is 1. The number of hydrogen-bond donors (Lipinski definition) is 2. The average molecular weight is 382 g/mol. The molecule has 1 saturated heterocycles. The van der Waals surface area contributed by atoms with Gasteiger partial charge in [0.2, 0.25) is 11.9 Å². The molecule has 4 aliphatic carbocycles. The number of ether oxygens (including phenoxy) is 1. The lowest BCUT2D eigenvalue weighted by atomic mass is 9.50. The van der Waals surface area contributed by atoms with Crippen LogP contribution >= 0.6 is 0 Å². The predicted molar refractivity (Wildman–Crippen MR) is 101 cm³/mol. The van der Waals surface area contributed by atoms with Crippen LogP contribution in [-0.2, 0) is 9.53 Å². The van der Waals surface area contributed by atoms with Gasteiger partial charge >= 0.3 is 0 Å². The summed E-state index contributed by atoms with van der Waals surface area (Å²) < 4.78 is 5.29. The SMILES string of the molecule is N#C[C@H]1COCN1C(=O)CNC12CC3CC(C1)CC(Nc1ncccn1)(C3)C2. The van der Waals surface area contributed by atoms with Gasteiger partial charge in [0.05, 0.1) is 19.2 Å². The Labute approximate surface area is 164 Å². The van der Waals surface area contributed by atoms with Gasteiger partial charge in [-0.3, -0.25) is 9.69 Å². The first kappa shape index (κ1) is 17.8. The summed E-state index contributed by atoms with van der Waals surface area (Å²) in [5.74, 6) is 1.99. The second-order valence-electron chi connectivity index (χ2n) is 9.08. The molecule has 6 rings (SSSR count). The summed E-state index contributed by atoms with van der Waals surface area (Å²) in [5.41, 5.74) is -0.0162. The van der Waals surface area contributed by atoms with Gasteiger partial charge in [-0.15, -0.1) is 0 Å². The summed E-state index contributed by atoms with van der Waals surface area (Å²) in [6, 6.07) is 3.52. The van der Waals surface area contributed by atoms with Crippen LogP contribution in [-0.4, -0.2) is 57.8 Å². The molecule has 1 aromatic rings. The summed E-state index contributed by atoms with van der Waals surface area (Å²) in [6.45, 7) is 0.786. The van der Waals surface area contributed by atoms with Crippen LogP contribution in [0.15, 0.2) is 18.5 Å². The maximum Gasteiger partial charge on any atom is 0.239 e. The van der Waals surface area contributed by atoms with E-state index in [-0.39, 0.29) is 30.3 Å². The Kier molecular flexibility index (Phi) is 4.25. The molecule has 5 aliphatic rings. The molecule has 0 radical (unpaired) electrons. The fourth-order valence-corrected chi connectivity index (χ4v) is 6.38. The van der Waals surface area contributed by atoms with Crippen molar-refractivity contribution < 1.29 is 9.53 Å². The molecule has 8 nitrogen and oxygen atoms in total. The number of aromatic nitrogens is 2. The Morgan fingerprint density at radius 1 is 1.25 bits per heavy atom. The van der Waals surface area contributed by atoms with Crippen molar-refractivity contribution >= 4 is 11.9 Å². The minimum absolute atomic E-state index is 0.00737. The van der Waals surface area contributed by atoms with Crippen LogP contribution in [0.2, 0.25) is 0 Å². The van der Waals surface area contributed by atoms with Gasteiger partial charge in [0.15, 0.2) is 0 Å².